The maximum Gasteiger partial charge on any atom is 0.290 e. The second kappa shape index (κ2) is 8.06. The summed E-state index contributed by atoms with van der Waals surface area (Å²) in [6, 6.07) is 14.8. The Bertz CT molecular complexity index is 1390. The van der Waals surface area contributed by atoms with Gasteiger partial charge < -0.3 is 19.4 Å². The Morgan fingerprint density at radius 1 is 1.12 bits per heavy atom. The Morgan fingerprint density at radius 2 is 1.88 bits per heavy atom. The summed E-state index contributed by atoms with van der Waals surface area (Å²) in [7, 11) is 1.56. The first kappa shape index (κ1) is 21.8. The summed E-state index contributed by atoms with van der Waals surface area (Å²) in [6.45, 7) is 7.03. The van der Waals surface area contributed by atoms with E-state index < -0.39 is 0 Å². The molecular formula is C26H26N4O4. The highest BCUT2D eigenvalue weighted by molar-refractivity contribution is 6.04. The number of nitrogens with one attached hydrogen (secondary N) is 2. The minimum absolute atomic E-state index is 0.0141. The van der Waals surface area contributed by atoms with Crippen molar-refractivity contribution in [2.45, 2.75) is 39.3 Å². The molecule has 0 fully saturated rings. The van der Waals surface area contributed by atoms with Gasteiger partial charge in [-0.25, -0.2) is 0 Å². The molecular weight excluding hydrogens is 432 g/mol. The van der Waals surface area contributed by atoms with Crippen LogP contribution < -0.4 is 10.1 Å². The molecule has 1 aliphatic heterocycles. The van der Waals surface area contributed by atoms with Gasteiger partial charge in [-0.15, -0.1) is 0 Å². The van der Waals surface area contributed by atoms with Gasteiger partial charge in [0.2, 0.25) is 0 Å². The Balaban J connectivity index is 1.31. The number of benzene rings is 2. The van der Waals surface area contributed by atoms with Gasteiger partial charge in [-0.05, 0) is 35.2 Å². The van der Waals surface area contributed by atoms with Crippen molar-refractivity contribution in [1.82, 2.24) is 15.1 Å². The summed E-state index contributed by atoms with van der Waals surface area (Å²) in [5.41, 5.74) is 3.78. The molecule has 4 aromatic rings. The van der Waals surface area contributed by atoms with Gasteiger partial charge in [-0.1, -0.05) is 45.0 Å². The van der Waals surface area contributed by atoms with Crippen LogP contribution in [-0.4, -0.2) is 34.0 Å². The molecule has 0 atom stereocenters. The number of aromatic amines is 1. The largest absolute Gasteiger partial charge is 0.493 e. The molecule has 0 aliphatic carbocycles. The van der Waals surface area contributed by atoms with Crippen molar-refractivity contribution in [3.8, 4) is 5.75 Å². The van der Waals surface area contributed by atoms with Gasteiger partial charge in [0.1, 0.15) is 5.82 Å². The number of amides is 2. The zero-order valence-corrected chi connectivity index (χ0v) is 19.6. The molecule has 0 unspecified atom stereocenters. The quantitative estimate of drug-likeness (QED) is 0.454. The van der Waals surface area contributed by atoms with E-state index in [1.807, 2.05) is 36.4 Å². The highest BCUT2D eigenvalue weighted by atomic mass is 16.5. The fraction of sp³-hybridized carbons (Fsp3) is 0.269. The third-order valence-electron chi connectivity index (χ3n) is 6.12. The van der Waals surface area contributed by atoms with E-state index in [0.29, 0.717) is 35.8 Å². The number of carbonyl (C=O) groups excluding carboxylic acids is 2. The maximum absolute atomic E-state index is 13.1. The maximum atomic E-state index is 13.1. The van der Waals surface area contributed by atoms with E-state index in [4.69, 9.17) is 9.15 Å². The average Bonchev–Trinajstić information content (AvgIpc) is 3.53. The third-order valence-corrected chi connectivity index (χ3v) is 6.12. The molecule has 3 heterocycles. The number of fused-ring (bicyclic) bond motifs is 2. The average molecular weight is 459 g/mol. The summed E-state index contributed by atoms with van der Waals surface area (Å²) < 4.78 is 11.1. The molecule has 0 saturated carbocycles. The number of para-hydroxylation sites is 1. The van der Waals surface area contributed by atoms with Crippen LogP contribution in [0.25, 0.3) is 11.0 Å². The van der Waals surface area contributed by atoms with Gasteiger partial charge in [0.15, 0.2) is 17.1 Å². The van der Waals surface area contributed by atoms with Gasteiger partial charge in [-0.2, -0.15) is 5.10 Å². The van der Waals surface area contributed by atoms with Crippen LogP contribution in [0.4, 0.5) is 5.82 Å². The number of nitrogens with zero attached hydrogens (tertiary/aromatic N) is 2. The van der Waals surface area contributed by atoms with Crippen LogP contribution in [0.3, 0.4) is 0 Å². The van der Waals surface area contributed by atoms with E-state index in [0.717, 1.165) is 22.2 Å². The van der Waals surface area contributed by atoms with Crippen molar-refractivity contribution < 1.29 is 18.7 Å². The van der Waals surface area contributed by atoms with Crippen molar-refractivity contribution in [3.63, 3.8) is 0 Å². The molecule has 34 heavy (non-hydrogen) atoms. The molecule has 8 heteroatoms. The highest BCUT2D eigenvalue weighted by Gasteiger charge is 2.31. The SMILES string of the molecule is COc1cccc2cc(C(=O)N3Cc4n[nH]c(NC(=O)c5ccc(C(C)(C)C)cc5)c4C3)oc12. The van der Waals surface area contributed by atoms with Gasteiger partial charge in [0.25, 0.3) is 11.8 Å². The summed E-state index contributed by atoms with van der Waals surface area (Å²) in [5.74, 6) is 0.832. The van der Waals surface area contributed by atoms with Crippen molar-refractivity contribution in [1.29, 1.82) is 0 Å². The predicted molar refractivity (Wildman–Crippen MR) is 128 cm³/mol. The summed E-state index contributed by atoms with van der Waals surface area (Å²) >= 11 is 0. The van der Waals surface area contributed by atoms with Crippen LogP contribution in [0.5, 0.6) is 5.75 Å². The monoisotopic (exact) mass is 458 g/mol. The van der Waals surface area contributed by atoms with E-state index in [1.165, 1.54) is 0 Å². The molecule has 0 radical (unpaired) electrons. The van der Waals surface area contributed by atoms with Gasteiger partial charge in [-0.3, -0.25) is 14.7 Å². The number of furan rings is 1. The fourth-order valence-corrected chi connectivity index (χ4v) is 4.14. The highest BCUT2D eigenvalue weighted by Crippen LogP contribution is 2.32. The van der Waals surface area contributed by atoms with Crippen LogP contribution in [-0.2, 0) is 18.5 Å². The van der Waals surface area contributed by atoms with Gasteiger partial charge >= 0.3 is 0 Å². The molecule has 0 bridgehead atoms. The minimum atomic E-state index is -0.244. The number of H-pyrrole nitrogens is 1. The van der Waals surface area contributed by atoms with Gasteiger partial charge in [0, 0.05) is 16.5 Å². The van der Waals surface area contributed by atoms with Crippen LogP contribution >= 0.6 is 0 Å². The first-order valence-electron chi connectivity index (χ1n) is 11.1. The van der Waals surface area contributed by atoms with E-state index in [1.54, 1.807) is 24.1 Å². The first-order chi connectivity index (χ1) is 16.2. The standard InChI is InChI=1S/C26H26N4O4/c1-26(2,3)17-10-8-15(9-11-17)24(31)27-23-18-13-30(14-19(18)28-29-23)25(32)21-12-16-6-5-7-20(33-4)22(16)34-21/h5-12H,13-14H2,1-4H3,(H2,27,28,29,31). The number of methoxy groups -OCH3 is 1. The van der Waals surface area contributed by atoms with E-state index >= 15 is 0 Å². The third kappa shape index (κ3) is 3.81. The molecule has 0 spiro atoms. The normalized spacial score (nSPS) is 13.2. The lowest BCUT2D eigenvalue weighted by Crippen LogP contribution is -2.25. The second-order valence-corrected chi connectivity index (χ2v) is 9.46. The lowest BCUT2D eigenvalue weighted by Gasteiger charge is -2.19. The Morgan fingerprint density at radius 3 is 2.59 bits per heavy atom. The minimum Gasteiger partial charge on any atom is -0.493 e. The number of hydrogen-bond donors (Lipinski definition) is 2. The number of carbonyl (C=O) groups is 2. The van der Waals surface area contributed by atoms with E-state index in [2.05, 4.69) is 36.3 Å². The summed E-state index contributed by atoms with van der Waals surface area (Å²) in [5, 5.41) is 10.9. The number of aromatic nitrogens is 2. The lowest BCUT2D eigenvalue weighted by molar-refractivity contribution is 0.0720. The van der Waals surface area contributed by atoms with Crippen molar-refractivity contribution >= 4 is 28.6 Å². The summed E-state index contributed by atoms with van der Waals surface area (Å²) in [4.78, 5) is 27.6. The van der Waals surface area contributed by atoms with Crippen LogP contribution in [0.2, 0.25) is 0 Å². The Kier molecular flexibility index (Phi) is 5.16. The van der Waals surface area contributed by atoms with E-state index in [-0.39, 0.29) is 23.0 Å². The fourth-order valence-electron chi connectivity index (χ4n) is 4.14. The molecule has 2 amide bonds. The smallest absolute Gasteiger partial charge is 0.290 e. The molecule has 1 aliphatic rings. The lowest BCUT2D eigenvalue weighted by atomic mass is 9.87. The van der Waals surface area contributed by atoms with Gasteiger partial charge in [0.05, 0.1) is 25.9 Å². The molecule has 174 valence electrons. The van der Waals surface area contributed by atoms with Crippen LogP contribution in [0.15, 0.2) is 52.9 Å². The summed E-state index contributed by atoms with van der Waals surface area (Å²) in [6.07, 6.45) is 0. The molecule has 5 rings (SSSR count). The first-order valence-corrected chi connectivity index (χ1v) is 11.1. The van der Waals surface area contributed by atoms with Crippen molar-refractivity contribution in [3.05, 3.63) is 76.7 Å². The number of rotatable bonds is 4. The Labute approximate surface area is 196 Å². The zero-order chi connectivity index (χ0) is 24.0. The molecule has 2 N–H and O–H groups in total. The predicted octanol–water partition coefficient (Wildman–Crippen LogP) is 4.87. The Hall–Kier alpha value is -4.07. The van der Waals surface area contributed by atoms with Crippen LogP contribution in [0.1, 0.15) is 58.5 Å². The number of hydrogen-bond acceptors (Lipinski definition) is 5. The van der Waals surface area contributed by atoms with Crippen molar-refractivity contribution in [2.75, 3.05) is 12.4 Å². The zero-order valence-electron chi connectivity index (χ0n) is 19.6. The molecule has 2 aromatic heterocycles. The van der Waals surface area contributed by atoms with Crippen LogP contribution in [0, 0.1) is 0 Å². The number of ether oxygens (including phenoxy) is 1. The molecule has 2 aromatic carbocycles. The topological polar surface area (TPSA) is 100 Å². The van der Waals surface area contributed by atoms with E-state index in [9.17, 15) is 9.59 Å². The second-order valence-electron chi connectivity index (χ2n) is 9.46. The number of anilines is 1. The van der Waals surface area contributed by atoms with Crippen molar-refractivity contribution in [2.24, 2.45) is 0 Å². The molecule has 0 saturated heterocycles. The molecule has 8 nitrogen and oxygen atoms in total.